The molecule has 2 aromatic rings. The number of carbonyl (C=O) groups excluding carboxylic acids is 1. The monoisotopic (exact) mass is 332 g/mol. The lowest BCUT2D eigenvalue weighted by atomic mass is 9.92. The maximum Gasteiger partial charge on any atom is 0.204 e. The predicted molar refractivity (Wildman–Crippen MR) is 83.0 cm³/mol. The Hall–Kier alpha value is -2.93. The topological polar surface area (TPSA) is 105 Å². The van der Waals surface area contributed by atoms with Gasteiger partial charge in [-0.1, -0.05) is 12.1 Å². The molecule has 0 bridgehead atoms. The normalized spacial score (nSPS) is 19.4. The minimum Gasteiger partial charge on any atom is -0.508 e. The van der Waals surface area contributed by atoms with E-state index >= 15 is 0 Å². The van der Waals surface area contributed by atoms with E-state index in [0.717, 1.165) is 0 Å². The number of fused-ring (bicyclic) bond motifs is 1. The molecule has 0 saturated heterocycles. The number of Topliss-reactive ketones (excluding diaryl/α,β-unsaturated/α-hetero) is 1. The molecule has 126 valence electrons. The van der Waals surface area contributed by atoms with E-state index in [1.165, 1.54) is 32.4 Å². The Morgan fingerprint density at radius 2 is 1.67 bits per heavy atom. The van der Waals surface area contributed by atoms with E-state index < -0.39 is 18.0 Å². The SMILES string of the molecule is COc1c(O)cc2c(c1OC)C(=O)C(O)C(c1ccc(O)cc1)O2. The summed E-state index contributed by atoms with van der Waals surface area (Å²) < 4.78 is 15.9. The minimum absolute atomic E-state index is 0.000654. The Morgan fingerprint density at radius 3 is 2.25 bits per heavy atom. The molecule has 24 heavy (non-hydrogen) atoms. The highest BCUT2D eigenvalue weighted by Crippen LogP contribution is 2.48. The first kappa shape index (κ1) is 15.9. The number of aromatic hydroxyl groups is 2. The summed E-state index contributed by atoms with van der Waals surface area (Å²) in [4.78, 5) is 12.6. The molecule has 0 aliphatic carbocycles. The number of phenolic OH excluding ortho intramolecular Hbond substituents is 2. The molecule has 1 heterocycles. The highest BCUT2D eigenvalue weighted by molar-refractivity contribution is 6.06. The fourth-order valence-corrected chi connectivity index (χ4v) is 2.72. The molecule has 3 rings (SSSR count). The van der Waals surface area contributed by atoms with Gasteiger partial charge in [0.15, 0.2) is 23.7 Å². The Labute approximate surface area is 137 Å². The average Bonchev–Trinajstić information content (AvgIpc) is 2.57. The van der Waals surface area contributed by atoms with Crippen molar-refractivity contribution >= 4 is 5.78 Å². The molecule has 2 unspecified atom stereocenters. The maximum atomic E-state index is 12.6. The van der Waals surface area contributed by atoms with Crippen LogP contribution in [0, 0.1) is 0 Å². The van der Waals surface area contributed by atoms with Crippen molar-refractivity contribution in [1.82, 2.24) is 0 Å². The molecule has 0 amide bonds. The second kappa shape index (κ2) is 5.93. The van der Waals surface area contributed by atoms with Crippen molar-refractivity contribution in [1.29, 1.82) is 0 Å². The summed E-state index contributed by atoms with van der Waals surface area (Å²) in [5.74, 6) is -0.728. The van der Waals surface area contributed by atoms with Crippen LogP contribution in [0.5, 0.6) is 28.7 Å². The first-order chi connectivity index (χ1) is 11.5. The van der Waals surface area contributed by atoms with Crippen LogP contribution < -0.4 is 14.2 Å². The lowest BCUT2D eigenvalue weighted by molar-refractivity contribution is 0.0209. The Balaban J connectivity index is 2.12. The van der Waals surface area contributed by atoms with E-state index in [4.69, 9.17) is 14.2 Å². The van der Waals surface area contributed by atoms with Crippen LogP contribution in [0.25, 0.3) is 0 Å². The average molecular weight is 332 g/mol. The number of aliphatic hydroxyl groups excluding tert-OH is 1. The van der Waals surface area contributed by atoms with Gasteiger partial charge in [0.25, 0.3) is 0 Å². The van der Waals surface area contributed by atoms with Crippen molar-refractivity contribution in [3.05, 3.63) is 41.5 Å². The van der Waals surface area contributed by atoms with E-state index in [1.54, 1.807) is 12.1 Å². The van der Waals surface area contributed by atoms with Crippen LogP contribution in [-0.2, 0) is 0 Å². The third-order valence-corrected chi connectivity index (χ3v) is 3.87. The molecular weight excluding hydrogens is 316 g/mol. The Morgan fingerprint density at radius 1 is 1.04 bits per heavy atom. The molecule has 2 aromatic carbocycles. The molecule has 0 radical (unpaired) electrons. The highest BCUT2D eigenvalue weighted by atomic mass is 16.5. The summed E-state index contributed by atoms with van der Waals surface area (Å²) in [5.41, 5.74) is 0.517. The van der Waals surface area contributed by atoms with Gasteiger partial charge in [-0.25, -0.2) is 0 Å². The number of ether oxygens (including phenoxy) is 3. The quantitative estimate of drug-likeness (QED) is 0.787. The van der Waals surface area contributed by atoms with Gasteiger partial charge in [0.1, 0.15) is 17.1 Å². The zero-order valence-corrected chi connectivity index (χ0v) is 13.0. The molecule has 0 spiro atoms. The summed E-state index contributed by atoms with van der Waals surface area (Å²) in [7, 11) is 2.65. The largest absolute Gasteiger partial charge is 0.508 e. The number of methoxy groups -OCH3 is 2. The van der Waals surface area contributed by atoms with Crippen molar-refractivity contribution in [3.63, 3.8) is 0 Å². The maximum absolute atomic E-state index is 12.6. The zero-order valence-electron chi connectivity index (χ0n) is 13.0. The molecule has 7 heteroatoms. The number of hydrogen-bond donors (Lipinski definition) is 3. The Kier molecular flexibility index (Phi) is 3.94. The Bertz CT molecular complexity index is 783. The van der Waals surface area contributed by atoms with Crippen LogP contribution in [0.2, 0.25) is 0 Å². The van der Waals surface area contributed by atoms with Crippen molar-refractivity contribution in [3.8, 4) is 28.7 Å². The van der Waals surface area contributed by atoms with Crippen LogP contribution >= 0.6 is 0 Å². The van der Waals surface area contributed by atoms with E-state index in [1.807, 2.05) is 0 Å². The third-order valence-electron chi connectivity index (χ3n) is 3.87. The number of phenols is 2. The molecule has 3 N–H and O–H groups in total. The summed E-state index contributed by atoms with van der Waals surface area (Å²) >= 11 is 0. The number of aliphatic hydroxyl groups is 1. The first-order valence-electron chi connectivity index (χ1n) is 7.13. The van der Waals surface area contributed by atoms with E-state index in [0.29, 0.717) is 5.56 Å². The standard InChI is InChI=1S/C17H16O7/c1-22-16-10(19)7-11-12(17(16)23-2)13(20)14(21)15(24-11)8-3-5-9(18)6-4-8/h3-7,14-15,18-19,21H,1-2H3. The highest BCUT2D eigenvalue weighted by Gasteiger charge is 2.40. The number of hydrogen-bond acceptors (Lipinski definition) is 7. The van der Waals surface area contributed by atoms with Gasteiger partial charge in [-0.05, 0) is 17.7 Å². The fourth-order valence-electron chi connectivity index (χ4n) is 2.72. The molecule has 2 atom stereocenters. The number of benzene rings is 2. The lowest BCUT2D eigenvalue weighted by Crippen LogP contribution is -2.36. The second-order valence-corrected chi connectivity index (χ2v) is 5.27. The van der Waals surface area contributed by atoms with Crippen molar-refractivity contribution < 1.29 is 34.3 Å². The molecule has 0 saturated carbocycles. The summed E-state index contributed by atoms with van der Waals surface area (Å²) in [6.45, 7) is 0. The summed E-state index contributed by atoms with van der Waals surface area (Å²) in [6, 6.07) is 7.19. The van der Waals surface area contributed by atoms with Crippen LogP contribution in [0.15, 0.2) is 30.3 Å². The minimum atomic E-state index is -1.47. The van der Waals surface area contributed by atoms with Gasteiger partial charge in [0.05, 0.1) is 14.2 Å². The van der Waals surface area contributed by atoms with Gasteiger partial charge >= 0.3 is 0 Å². The van der Waals surface area contributed by atoms with Crippen LogP contribution in [-0.4, -0.2) is 41.4 Å². The van der Waals surface area contributed by atoms with E-state index in [9.17, 15) is 20.1 Å². The van der Waals surface area contributed by atoms with Gasteiger partial charge in [-0.15, -0.1) is 0 Å². The van der Waals surface area contributed by atoms with Gasteiger partial charge in [-0.3, -0.25) is 4.79 Å². The third kappa shape index (κ3) is 2.39. The first-order valence-corrected chi connectivity index (χ1v) is 7.13. The molecule has 1 aliphatic rings. The van der Waals surface area contributed by atoms with Crippen molar-refractivity contribution in [2.75, 3.05) is 14.2 Å². The molecule has 7 nitrogen and oxygen atoms in total. The van der Waals surface area contributed by atoms with Crippen molar-refractivity contribution in [2.24, 2.45) is 0 Å². The van der Waals surface area contributed by atoms with Gasteiger partial charge < -0.3 is 29.5 Å². The lowest BCUT2D eigenvalue weighted by Gasteiger charge is -2.31. The molecule has 0 aromatic heterocycles. The van der Waals surface area contributed by atoms with Crippen molar-refractivity contribution in [2.45, 2.75) is 12.2 Å². The number of carbonyl (C=O) groups is 1. The smallest absolute Gasteiger partial charge is 0.204 e. The van der Waals surface area contributed by atoms with Crippen LogP contribution in [0.4, 0.5) is 0 Å². The molecule has 1 aliphatic heterocycles. The summed E-state index contributed by atoms with van der Waals surface area (Å²) in [5, 5.41) is 29.8. The van der Waals surface area contributed by atoms with Crippen LogP contribution in [0.1, 0.15) is 22.0 Å². The van der Waals surface area contributed by atoms with Gasteiger partial charge in [-0.2, -0.15) is 0 Å². The van der Waals surface area contributed by atoms with Crippen LogP contribution in [0.3, 0.4) is 0 Å². The predicted octanol–water partition coefficient (Wildman–Crippen LogP) is 1.79. The fraction of sp³-hybridized carbons (Fsp3) is 0.235. The second-order valence-electron chi connectivity index (χ2n) is 5.27. The van der Waals surface area contributed by atoms with Gasteiger partial charge in [0, 0.05) is 6.07 Å². The number of ketones is 1. The summed E-state index contributed by atoms with van der Waals surface area (Å²) in [6.07, 6.45) is -2.44. The molecule has 0 fully saturated rings. The zero-order chi connectivity index (χ0) is 17.4. The van der Waals surface area contributed by atoms with Gasteiger partial charge in [0.2, 0.25) is 11.5 Å². The molecular formula is C17H16O7. The van der Waals surface area contributed by atoms with E-state index in [2.05, 4.69) is 0 Å². The number of rotatable bonds is 3. The van der Waals surface area contributed by atoms with E-state index in [-0.39, 0.29) is 34.3 Å².